The zero-order valence-electron chi connectivity index (χ0n) is 18.4. The third-order valence-electron chi connectivity index (χ3n) is 5.87. The van der Waals surface area contributed by atoms with Crippen LogP contribution in [0.3, 0.4) is 0 Å². The van der Waals surface area contributed by atoms with Crippen molar-refractivity contribution in [1.29, 1.82) is 0 Å². The molecule has 7 heteroatoms. The zero-order valence-corrected chi connectivity index (χ0v) is 19.2. The van der Waals surface area contributed by atoms with E-state index in [2.05, 4.69) is 51.8 Å². The Balaban J connectivity index is 1.68. The van der Waals surface area contributed by atoms with Gasteiger partial charge < -0.3 is 4.90 Å². The quantitative estimate of drug-likeness (QED) is 0.537. The third-order valence-corrected chi connectivity index (χ3v) is 6.90. The standard InChI is InChI=1S/C24H29N5OS/c1-17-8-9-21(16-18(17)2)29-22(20-10-12-25-13-11-20)26-27-24(29)31-19(3)23(30)28-14-6-4-5-7-15-28/h8-13,16,19H,4-7,14-15H2,1-3H3/t19-/m0/s1. The van der Waals surface area contributed by atoms with Crippen LogP contribution in [-0.4, -0.2) is 48.9 Å². The van der Waals surface area contributed by atoms with E-state index in [1.54, 1.807) is 12.4 Å². The van der Waals surface area contributed by atoms with Gasteiger partial charge in [-0.15, -0.1) is 10.2 Å². The number of likely N-dealkylation sites (tertiary alicyclic amines) is 1. The van der Waals surface area contributed by atoms with Gasteiger partial charge in [-0.25, -0.2) is 0 Å². The topological polar surface area (TPSA) is 63.9 Å². The van der Waals surface area contributed by atoms with Crippen molar-refractivity contribution in [3.63, 3.8) is 0 Å². The molecule has 3 heterocycles. The highest BCUT2D eigenvalue weighted by atomic mass is 32.2. The van der Waals surface area contributed by atoms with E-state index in [1.165, 1.54) is 35.7 Å². The van der Waals surface area contributed by atoms with E-state index >= 15 is 0 Å². The first-order valence-electron chi connectivity index (χ1n) is 10.9. The second-order valence-corrected chi connectivity index (χ2v) is 9.45. The van der Waals surface area contributed by atoms with E-state index in [0.29, 0.717) is 0 Å². The average molecular weight is 436 g/mol. The van der Waals surface area contributed by atoms with Gasteiger partial charge in [-0.05, 0) is 69.0 Å². The molecule has 162 valence electrons. The van der Waals surface area contributed by atoms with Crippen LogP contribution in [0.2, 0.25) is 0 Å². The Labute approximate surface area is 188 Å². The van der Waals surface area contributed by atoms with Crippen LogP contribution in [-0.2, 0) is 4.79 Å². The van der Waals surface area contributed by atoms with E-state index < -0.39 is 0 Å². The molecule has 0 aliphatic carbocycles. The molecule has 0 spiro atoms. The summed E-state index contributed by atoms with van der Waals surface area (Å²) in [6.45, 7) is 7.90. The molecule has 0 unspecified atom stereocenters. The number of amides is 1. The van der Waals surface area contributed by atoms with Crippen LogP contribution < -0.4 is 0 Å². The van der Waals surface area contributed by atoms with Crippen LogP contribution in [0.25, 0.3) is 17.1 Å². The fourth-order valence-corrected chi connectivity index (χ4v) is 4.84. The lowest BCUT2D eigenvalue weighted by Gasteiger charge is -2.23. The van der Waals surface area contributed by atoms with Crippen LogP contribution in [0.5, 0.6) is 0 Å². The highest BCUT2D eigenvalue weighted by Crippen LogP contribution is 2.31. The summed E-state index contributed by atoms with van der Waals surface area (Å²) < 4.78 is 2.05. The number of thioether (sulfide) groups is 1. The van der Waals surface area contributed by atoms with Gasteiger partial charge in [-0.3, -0.25) is 14.3 Å². The second-order valence-electron chi connectivity index (χ2n) is 8.15. The molecule has 6 nitrogen and oxygen atoms in total. The predicted octanol–water partition coefficient (Wildman–Crippen LogP) is 4.83. The third kappa shape index (κ3) is 4.82. The predicted molar refractivity (Wildman–Crippen MR) is 124 cm³/mol. The minimum Gasteiger partial charge on any atom is -0.342 e. The fraction of sp³-hybridized carbons (Fsp3) is 0.417. The van der Waals surface area contributed by atoms with Gasteiger partial charge in [-0.1, -0.05) is 30.7 Å². The molecule has 1 aliphatic heterocycles. The molecule has 4 rings (SSSR count). The van der Waals surface area contributed by atoms with Crippen LogP contribution >= 0.6 is 11.8 Å². The molecule has 31 heavy (non-hydrogen) atoms. The normalized spacial score (nSPS) is 15.5. The molecule has 2 aromatic heterocycles. The summed E-state index contributed by atoms with van der Waals surface area (Å²) in [5.74, 6) is 0.939. The van der Waals surface area contributed by atoms with E-state index in [1.807, 2.05) is 24.0 Å². The summed E-state index contributed by atoms with van der Waals surface area (Å²) in [6, 6.07) is 10.2. The maximum atomic E-state index is 13.1. The number of rotatable bonds is 5. The van der Waals surface area contributed by atoms with Crippen molar-refractivity contribution in [3.05, 3.63) is 53.9 Å². The van der Waals surface area contributed by atoms with Gasteiger partial charge in [0.05, 0.1) is 10.9 Å². The van der Waals surface area contributed by atoms with Gasteiger partial charge in [0, 0.05) is 31.0 Å². The lowest BCUT2D eigenvalue weighted by Crippen LogP contribution is -2.37. The van der Waals surface area contributed by atoms with Gasteiger partial charge in [0.15, 0.2) is 11.0 Å². The number of carbonyl (C=O) groups excluding carboxylic acids is 1. The Morgan fingerprint density at radius 3 is 2.35 bits per heavy atom. The summed E-state index contributed by atoms with van der Waals surface area (Å²) in [6.07, 6.45) is 8.12. The van der Waals surface area contributed by atoms with E-state index in [4.69, 9.17) is 0 Å². The summed E-state index contributed by atoms with van der Waals surface area (Å²) in [5.41, 5.74) is 4.38. The molecular weight excluding hydrogens is 406 g/mol. The zero-order chi connectivity index (χ0) is 21.8. The van der Waals surface area contributed by atoms with Crippen molar-refractivity contribution in [2.45, 2.75) is 56.9 Å². The van der Waals surface area contributed by atoms with Crippen LogP contribution in [0.15, 0.2) is 47.9 Å². The number of nitrogens with zero attached hydrogens (tertiary/aromatic N) is 5. The molecular formula is C24H29N5OS. The number of hydrogen-bond donors (Lipinski definition) is 0. The lowest BCUT2D eigenvalue weighted by molar-refractivity contribution is -0.130. The first kappa shape index (κ1) is 21.6. The second kappa shape index (κ2) is 9.64. The number of pyridine rings is 1. The van der Waals surface area contributed by atoms with Crippen molar-refractivity contribution in [3.8, 4) is 17.1 Å². The first-order valence-corrected chi connectivity index (χ1v) is 11.8. The Bertz CT molecular complexity index is 1040. The smallest absolute Gasteiger partial charge is 0.235 e. The Kier molecular flexibility index (Phi) is 6.70. The number of aromatic nitrogens is 4. The highest BCUT2D eigenvalue weighted by molar-refractivity contribution is 8.00. The number of hydrogen-bond acceptors (Lipinski definition) is 5. The van der Waals surface area contributed by atoms with Gasteiger partial charge in [0.1, 0.15) is 0 Å². The number of benzene rings is 1. The van der Waals surface area contributed by atoms with Gasteiger partial charge in [-0.2, -0.15) is 0 Å². The summed E-state index contributed by atoms with van der Waals surface area (Å²) >= 11 is 1.48. The fourth-order valence-electron chi connectivity index (χ4n) is 3.89. The van der Waals surface area contributed by atoms with Crippen molar-refractivity contribution in [1.82, 2.24) is 24.6 Å². The van der Waals surface area contributed by atoms with Crippen LogP contribution in [0, 0.1) is 13.8 Å². The summed E-state index contributed by atoms with van der Waals surface area (Å²) in [7, 11) is 0. The van der Waals surface area contributed by atoms with E-state index in [9.17, 15) is 4.79 Å². The van der Waals surface area contributed by atoms with Crippen molar-refractivity contribution in [2.24, 2.45) is 0 Å². The number of carbonyl (C=O) groups is 1. The number of aryl methyl sites for hydroxylation is 2. The molecule has 1 aliphatic rings. The first-order chi connectivity index (χ1) is 15.0. The highest BCUT2D eigenvalue weighted by Gasteiger charge is 2.26. The molecule has 3 aromatic rings. The van der Waals surface area contributed by atoms with Crippen LogP contribution in [0.1, 0.15) is 43.7 Å². The van der Waals surface area contributed by atoms with Gasteiger partial charge >= 0.3 is 0 Å². The largest absolute Gasteiger partial charge is 0.342 e. The molecule has 1 saturated heterocycles. The van der Waals surface area contributed by atoms with Gasteiger partial charge in [0.2, 0.25) is 5.91 Å². The molecule has 0 radical (unpaired) electrons. The van der Waals surface area contributed by atoms with Crippen molar-refractivity contribution < 1.29 is 4.79 Å². The molecule has 1 fully saturated rings. The summed E-state index contributed by atoms with van der Waals surface area (Å²) in [5, 5.41) is 9.49. The SMILES string of the molecule is Cc1ccc(-n2c(S[C@@H](C)C(=O)N3CCCCCC3)nnc2-c2ccncc2)cc1C. The molecule has 0 saturated carbocycles. The van der Waals surface area contributed by atoms with Crippen LogP contribution in [0.4, 0.5) is 0 Å². The van der Waals surface area contributed by atoms with Crippen molar-refractivity contribution in [2.75, 3.05) is 13.1 Å². The maximum Gasteiger partial charge on any atom is 0.235 e. The van der Waals surface area contributed by atoms with Crippen molar-refractivity contribution >= 4 is 17.7 Å². The van der Waals surface area contributed by atoms with E-state index in [0.717, 1.165) is 48.2 Å². The monoisotopic (exact) mass is 435 g/mol. The molecule has 1 amide bonds. The Morgan fingerprint density at radius 1 is 0.968 bits per heavy atom. The minimum atomic E-state index is -0.224. The average Bonchev–Trinajstić information content (AvgIpc) is 3.00. The molecule has 1 aromatic carbocycles. The minimum absolute atomic E-state index is 0.187. The molecule has 1 atom stereocenters. The summed E-state index contributed by atoms with van der Waals surface area (Å²) in [4.78, 5) is 19.3. The molecule has 0 N–H and O–H groups in total. The lowest BCUT2D eigenvalue weighted by atomic mass is 10.1. The molecule has 0 bridgehead atoms. The van der Waals surface area contributed by atoms with Gasteiger partial charge in [0.25, 0.3) is 0 Å². The maximum absolute atomic E-state index is 13.1. The Morgan fingerprint density at radius 2 is 1.68 bits per heavy atom. The Hall–Kier alpha value is -2.67. The van der Waals surface area contributed by atoms with E-state index in [-0.39, 0.29) is 11.2 Å².